The molecular formula is C18H16ClN3O5. The number of benzene rings is 2. The van der Waals surface area contributed by atoms with E-state index in [0.717, 1.165) is 18.9 Å². The molecule has 0 heterocycles. The number of nitrogens with one attached hydrogen (secondary N) is 2. The molecule has 140 valence electrons. The molecule has 0 bridgehead atoms. The Hall–Kier alpha value is -3.13. The average Bonchev–Trinajstić information content (AvgIpc) is 3.44. The van der Waals surface area contributed by atoms with Crippen LogP contribution in [-0.4, -0.2) is 29.4 Å². The van der Waals surface area contributed by atoms with Crippen molar-refractivity contribution in [3.8, 4) is 5.75 Å². The van der Waals surface area contributed by atoms with Crippen LogP contribution in [0, 0.1) is 10.1 Å². The van der Waals surface area contributed by atoms with Crippen molar-refractivity contribution in [2.75, 3.05) is 11.9 Å². The topological polar surface area (TPSA) is 111 Å². The zero-order valence-corrected chi connectivity index (χ0v) is 14.9. The molecule has 0 unspecified atom stereocenters. The van der Waals surface area contributed by atoms with Gasteiger partial charge in [-0.2, -0.15) is 0 Å². The summed E-state index contributed by atoms with van der Waals surface area (Å²) in [7, 11) is 0. The number of hydrogen-bond donors (Lipinski definition) is 2. The number of amides is 2. The van der Waals surface area contributed by atoms with Gasteiger partial charge in [-0.1, -0.05) is 17.7 Å². The SMILES string of the molecule is O=C(COc1ccc(Cl)cc1[N+](=O)[O-])Nc1cccc(C(=O)NC2CC2)c1. The summed E-state index contributed by atoms with van der Waals surface area (Å²) in [5.41, 5.74) is 0.542. The van der Waals surface area contributed by atoms with Crippen LogP contribution in [0.2, 0.25) is 5.02 Å². The van der Waals surface area contributed by atoms with E-state index in [1.807, 2.05) is 0 Å². The Labute approximate surface area is 159 Å². The molecule has 2 aromatic carbocycles. The van der Waals surface area contributed by atoms with Crippen LogP contribution in [0.25, 0.3) is 0 Å². The highest BCUT2D eigenvalue weighted by Crippen LogP contribution is 2.29. The van der Waals surface area contributed by atoms with Crippen molar-refractivity contribution in [1.82, 2.24) is 5.32 Å². The van der Waals surface area contributed by atoms with E-state index in [4.69, 9.17) is 16.3 Å². The molecule has 1 aliphatic carbocycles. The van der Waals surface area contributed by atoms with E-state index in [1.54, 1.807) is 24.3 Å². The third-order valence-corrected chi connectivity index (χ3v) is 4.03. The van der Waals surface area contributed by atoms with E-state index in [1.165, 1.54) is 12.1 Å². The molecule has 8 nitrogen and oxygen atoms in total. The Balaban J connectivity index is 1.60. The van der Waals surface area contributed by atoms with E-state index in [0.29, 0.717) is 11.3 Å². The molecule has 0 atom stereocenters. The largest absolute Gasteiger partial charge is 0.477 e. The first-order valence-electron chi connectivity index (χ1n) is 8.20. The molecule has 1 saturated carbocycles. The quantitative estimate of drug-likeness (QED) is 0.558. The number of nitro benzene ring substituents is 1. The lowest BCUT2D eigenvalue weighted by molar-refractivity contribution is -0.385. The molecule has 2 N–H and O–H groups in total. The molecule has 27 heavy (non-hydrogen) atoms. The van der Waals surface area contributed by atoms with Crippen molar-refractivity contribution in [2.24, 2.45) is 0 Å². The number of nitro groups is 1. The maximum atomic E-state index is 12.1. The molecule has 0 aliphatic heterocycles. The maximum absolute atomic E-state index is 12.1. The number of halogens is 1. The van der Waals surface area contributed by atoms with Crippen LogP contribution in [0.1, 0.15) is 23.2 Å². The normalized spacial score (nSPS) is 12.9. The van der Waals surface area contributed by atoms with E-state index in [2.05, 4.69) is 10.6 Å². The maximum Gasteiger partial charge on any atom is 0.312 e. The van der Waals surface area contributed by atoms with Crippen LogP contribution >= 0.6 is 11.6 Å². The predicted molar refractivity (Wildman–Crippen MR) is 99.2 cm³/mol. The average molecular weight is 390 g/mol. The number of hydrogen-bond acceptors (Lipinski definition) is 5. The monoisotopic (exact) mass is 389 g/mol. The standard InChI is InChI=1S/C18H16ClN3O5/c19-12-4-7-16(15(9-12)22(25)26)27-10-17(23)20-14-3-1-2-11(8-14)18(24)21-13-5-6-13/h1-4,7-9,13H,5-6,10H2,(H,20,23)(H,21,24). The third kappa shape index (κ3) is 5.18. The van der Waals surface area contributed by atoms with Gasteiger partial charge in [0.15, 0.2) is 12.4 Å². The number of ether oxygens (including phenoxy) is 1. The number of anilines is 1. The second-order valence-corrected chi connectivity index (χ2v) is 6.47. The molecule has 1 fully saturated rings. The Morgan fingerprint density at radius 3 is 2.70 bits per heavy atom. The molecule has 0 aromatic heterocycles. The number of nitrogens with zero attached hydrogens (tertiary/aromatic N) is 1. The van der Waals surface area contributed by atoms with Gasteiger partial charge < -0.3 is 15.4 Å². The lowest BCUT2D eigenvalue weighted by Gasteiger charge is -2.09. The second-order valence-electron chi connectivity index (χ2n) is 6.03. The van der Waals surface area contributed by atoms with E-state index in [-0.39, 0.29) is 28.4 Å². The summed E-state index contributed by atoms with van der Waals surface area (Å²) >= 11 is 5.73. The molecule has 2 aromatic rings. The summed E-state index contributed by atoms with van der Waals surface area (Å²) in [6.45, 7) is -0.430. The number of rotatable bonds is 7. The Morgan fingerprint density at radius 1 is 1.22 bits per heavy atom. The minimum atomic E-state index is -0.638. The Kier molecular flexibility index (Phi) is 5.56. The highest BCUT2D eigenvalue weighted by atomic mass is 35.5. The summed E-state index contributed by atoms with van der Waals surface area (Å²) in [6.07, 6.45) is 1.96. The van der Waals surface area contributed by atoms with Crippen molar-refractivity contribution in [3.63, 3.8) is 0 Å². The van der Waals surface area contributed by atoms with Crippen LogP contribution in [0.5, 0.6) is 5.75 Å². The summed E-state index contributed by atoms with van der Waals surface area (Å²) in [5.74, 6) is -0.766. The lowest BCUT2D eigenvalue weighted by Crippen LogP contribution is -2.25. The highest BCUT2D eigenvalue weighted by Gasteiger charge is 2.24. The fraction of sp³-hybridized carbons (Fsp3) is 0.222. The first-order valence-corrected chi connectivity index (χ1v) is 8.57. The molecule has 2 amide bonds. The summed E-state index contributed by atoms with van der Waals surface area (Å²) in [4.78, 5) is 34.5. The molecule has 9 heteroatoms. The van der Waals surface area contributed by atoms with Crippen LogP contribution in [0.3, 0.4) is 0 Å². The predicted octanol–water partition coefficient (Wildman–Crippen LogP) is 3.16. The Morgan fingerprint density at radius 2 is 2.00 bits per heavy atom. The highest BCUT2D eigenvalue weighted by molar-refractivity contribution is 6.30. The van der Waals surface area contributed by atoms with Gasteiger partial charge in [0.1, 0.15) is 0 Å². The molecule has 0 spiro atoms. The lowest BCUT2D eigenvalue weighted by atomic mass is 10.2. The summed E-state index contributed by atoms with van der Waals surface area (Å²) in [5, 5.41) is 16.7. The van der Waals surface area contributed by atoms with Crippen LogP contribution in [0.4, 0.5) is 11.4 Å². The second kappa shape index (κ2) is 8.05. The fourth-order valence-electron chi connectivity index (χ4n) is 2.33. The zero-order valence-electron chi connectivity index (χ0n) is 14.1. The minimum Gasteiger partial charge on any atom is -0.477 e. The molecule has 0 saturated heterocycles. The van der Waals surface area contributed by atoms with Crippen molar-refractivity contribution in [1.29, 1.82) is 0 Å². The van der Waals surface area contributed by atoms with Gasteiger partial charge in [0, 0.05) is 28.4 Å². The van der Waals surface area contributed by atoms with Crippen molar-refractivity contribution in [3.05, 3.63) is 63.2 Å². The van der Waals surface area contributed by atoms with Crippen molar-refractivity contribution >= 4 is 34.8 Å². The van der Waals surface area contributed by atoms with Gasteiger partial charge in [-0.3, -0.25) is 19.7 Å². The van der Waals surface area contributed by atoms with Crippen LogP contribution < -0.4 is 15.4 Å². The van der Waals surface area contributed by atoms with Crippen molar-refractivity contribution < 1.29 is 19.2 Å². The van der Waals surface area contributed by atoms with E-state index >= 15 is 0 Å². The molecule has 3 rings (SSSR count). The van der Waals surface area contributed by atoms with Gasteiger partial charge in [0.25, 0.3) is 11.8 Å². The first kappa shape index (κ1) is 18.7. The van der Waals surface area contributed by atoms with Gasteiger partial charge >= 0.3 is 5.69 Å². The summed E-state index contributed by atoms with van der Waals surface area (Å²) in [6, 6.07) is 10.6. The molecular weight excluding hydrogens is 374 g/mol. The van der Waals surface area contributed by atoms with Gasteiger partial charge in [-0.25, -0.2) is 0 Å². The van der Waals surface area contributed by atoms with Gasteiger partial charge in [0.05, 0.1) is 4.92 Å². The van der Waals surface area contributed by atoms with E-state index < -0.39 is 17.4 Å². The van der Waals surface area contributed by atoms with Crippen molar-refractivity contribution in [2.45, 2.75) is 18.9 Å². The summed E-state index contributed by atoms with van der Waals surface area (Å²) < 4.78 is 5.23. The Bertz CT molecular complexity index is 898. The smallest absolute Gasteiger partial charge is 0.312 e. The number of carbonyl (C=O) groups excluding carboxylic acids is 2. The van der Waals surface area contributed by atoms with Gasteiger partial charge in [-0.15, -0.1) is 0 Å². The van der Waals surface area contributed by atoms with Gasteiger partial charge in [0.2, 0.25) is 0 Å². The van der Waals surface area contributed by atoms with Gasteiger partial charge in [-0.05, 0) is 43.2 Å². The minimum absolute atomic E-state index is 0.0582. The molecule has 1 aliphatic rings. The van der Waals surface area contributed by atoms with Crippen LogP contribution in [0.15, 0.2) is 42.5 Å². The molecule has 0 radical (unpaired) electrons. The fourth-order valence-corrected chi connectivity index (χ4v) is 2.50. The first-order chi connectivity index (χ1) is 12.9. The third-order valence-electron chi connectivity index (χ3n) is 3.80. The number of carbonyl (C=O) groups is 2. The van der Waals surface area contributed by atoms with E-state index in [9.17, 15) is 19.7 Å². The van der Waals surface area contributed by atoms with Crippen LogP contribution in [-0.2, 0) is 4.79 Å². The zero-order chi connectivity index (χ0) is 19.4.